The SMILES string of the molecule is COCCC(C)C1(CNC2CC2)CCCc2ccccc21. The fraction of sp³-hybridized carbons (Fsp3) is 0.684. The Hall–Kier alpha value is -0.860. The summed E-state index contributed by atoms with van der Waals surface area (Å²) in [6.07, 6.45) is 7.76. The zero-order chi connectivity index (χ0) is 14.7. The van der Waals surface area contributed by atoms with Gasteiger partial charge in [0.15, 0.2) is 0 Å². The molecule has 2 aliphatic carbocycles. The van der Waals surface area contributed by atoms with Crippen molar-refractivity contribution in [2.75, 3.05) is 20.3 Å². The summed E-state index contributed by atoms with van der Waals surface area (Å²) in [4.78, 5) is 0. The molecule has 2 unspecified atom stereocenters. The van der Waals surface area contributed by atoms with E-state index in [0.717, 1.165) is 25.6 Å². The number of methoxy groups -OCH3 is 1. The molecule has 1 aromatic carbocycles. The van der Waals surface area contributed by atoms with Crippen LogP contribution in [0.1, 0.15) is 50.2 Å². The Bertz CT molecular complexity index is 468. The predicted molar refractivity (Wildman–Crippen MR) is 87.7 cm³/mol. The Labute approximate surface area is 129 Å². The fourth-order valence-electron chi connectivity index (χ4n) is 4.01. The Morgan fingerprint density at radius 2 is 2.14 bits per heavy atom. The largest absolute Gasteiger partial charge is 0.385 e. The molecule has 0 amide bonds. The van der Waals surface area contributed by atoms with Gasteiger partial charge < -0.3 is 10.1 Å². The number of hydrogen-bond acceptors (Lipinski definition) is 2. The molecule has 1 aromatic rings. The topological polar surface area (TPSA) is 21.3 Å². The Kier molecular flexibility index (Phi) is 4.66. The van der Waals surface area contributed by atoms with Crippen molar-refractivity contribution in [2.24, 2.45) is 5.92 Å². The van der Waals surface area contributed by atoms with Gasteiger partial charge in [-0.2, -0.15) is 0 Å². The molecule has 0 bridgehead atoms. The maximum absolute atomic E-state index is 5.35. The van der Waals surface area contributed by atoms with Crippen LogP contribution in [-0.2, 0) is 16.6 Å². The molecule has 3 rings (SSSR count). The second kappa shape index (κ2) is 6.50. The van der Waals surface area contributed by atoms with Crippen molar-refractivity contribution in [3.8, 4) is 0 Å². The quantitative estimate of drug-likeness (QED) is 0.826. The van der Waals surface area contributed by atoms with Crippen molar-refractivity contribution in [3.63, 3.8) is 0 Å². The van der Waals surface area contributed by atoms with E-state index in [9.17, 15) is 0 Å². The van der Waals surface area contributed by atoms with Crippen LogP contribution in [0.3, 0.4) is 0 Å². The van der Waals surface area contributed by atoms with Gasteiger partial charge in [-0.15, -0.1) is 0 Å². The molecule has 2 heteroatoms. The first kappa shape index (κ1) is 15.1. The minimum Gasteiger partial charge on any atom is -0.385 e. The first-order valence-electron chi connectivity index (χ1n) is 8.57. The van der Waals surface area contributed by atoms with Gasteiger partial charge in [0.05, 0.1) is 0 Å². The fourth-order valence-corrected chi connectivity index (χ4v) is 4.01. The van der Waals surface area contributed by atoms with Gasteiger partial charge in [-0.3, -0.25) is 0 Å². The second-order valence-corrected chi connectivity index (χ2v) is 7.00. The minimum absolute atomic E-state index is 0.302. The monoisotopic (exact) mass is 287 g/mol. The third-order valence-corrected chi connectivity index (χ3v) is 5.60. The van der Waals surface area contributed by atoms with Crippen LogP contribution in [0, 0.1) is 5.92 Å². The van der Waals surface area contributed by atoms with Gasteiger partial charge in [-0.1, -0.05) is 31.2 Å². The van der Waals surface area contributed by atoms with Crippen molar-refractivity contribution < 1.29 is 4.74 Å². The second-order valence-electron chi connectivity index (χ2n) is 7.00. The van der Waals surface area contributed by atoms with Gasteiger partial charge in [0, 0.05) is 31.7 Å². The maximum Gasteiger partial charge on any atom is 0.0465 e. The first-order chi connectivity index (χ1) is 10.3. The van der Waals surface area contributed by atoms with Gasteiger partial charge in [0.2, 0.25) is 0 Å². The van der Waals surface area contributed by atoms with Crippen LogP contribution >= 0.6 is 0 Å². The van der Waals surface area contributed by atoms with E-state index >= 15 is 0 Å². The summed E-state index contributed by atoms with van der Waals surface area (Å²) in [7, 11) is 1.82. The van der Waals surface area contributed by atoms with Crippen molar-refractivity contribution in [1.29, 1.82) is 0 Å². The molecule has 1 fully saturated rings. The average Bonchev–Trinajstić information content (AvgIpc) is 3.34. The molecule has 2 aliphatic rings. The lowest BCUT2D eigenvalue weighted by atomic mass is 9.62. The molecule has 0 radical (unpaired) electrons. The van der Waals surface area contributed by atoms with Gasteiger partial charge in [0.1, 0.15) is 0 Å². The average molecular weight is 287 g/mol. The lowest BCUT2D eigenvalue weighted by Crippen LogP contribution is -2.46. The van der Waals surface area contributed by atoms with Crippen molar-refractivity contribution in [3.05, 3.63) is 35.4 Å². The molecule has 1 saturated carbocycles. The molecule has 0 aromatic heterocycles. The van der Waals surface area contributed by atoms with Crippen molar-refractivity contribution >= 4 is 0 Å². The summed E-state index contributed by atoms with van der Waals surface area (Å²) in [5.74, 6) is 0.658. The van der Waals surface area contributed by atoms with Gasteiger partial charge in [-0.25, -0.2) is 0 Å². The number of aryl methyl sites for hydroxylation is 1. The summed E-state index contributed by atoms with van der Waals surface area (Å²) in [6.45, 7) is 4.43. The third kappa shape index (κ3) is 3.17. The summed E-state index contributed by atoms with van der Waals surface area (Å²) in [5.41, 5.74) is 3.48. The Morgan fingerprint density at radius 3 is 2.90 bits per heavy atom. The molecule has 0 spiro atoms. The highest BCUT2D eigenvalue weighted by atomic mass is 16.5. The van der Waals surface area contributed by atoms with E-state index in [1.165, 1.54) is 32.1 Å². The minimum atomic E-state index is 0.302. The van der Waals surface area contributed by atoms with E-state index in [1.54, 1.807) is 11.1 Å². The van der Waals surface area contributed by atoms with Crippen LogP contribution in [0.4, 0.5) is 0 Å². The Morgan fingerprint density at radius 1 is 1.33 bits per heavy atom. The molecule has 116 valence electrons. The molecule has 21 heavy (non-hydrogen) atoms. The van der Waals surface area contributed by atoms with Crippen molar-refractivity contribution in [1.82, 2.24) is 5.32 Å². The lowest BCUT2D eigenvalue weighted by molar-refractivity contribution is 0.143. The van der Waals surface area contributed by atoms with E-state index in [1.807, 2.05) is 7.11 Å². The molecular formula is C19H29NO. The van der Waals surface area contributed by atoms with Crippen LogP contribution in [-0.4, -0.2) is 26.3 Å². The van der Waals surface area contributed by atoms with Gasteiger partial charge in [-0.05, 0) is 55.6 Å². The van der Waals surface area contributed by atoms with E-state index in [0.29, 0.717) is 11.3 Å². The van der Waals surface area contributed by atoms with E-state index in [4.69, 9.17) is 4.74 Å². The van der Waals surface area contributed by atoms with E-state index < -0.39 is 0 Å². The molecule has 2 nitrogen and oxygen atoms in total. The molecule has 0 saturated heterocycles. The summed E-state index contributed by atoms with van der Waals surface area (Å²) in [6, 6.07) is 9.92. The molecule has 2 atom stereocenters. The van der Waals surface area contributed by atoms with Crippen molar-refractivity contribution in [2.45, 2.75) is 56.9 Å². The summed E-state index contributed by atoms with van der Waals surface area (Å²) in [5, 5.41) is 3.82. The number of nitrogens with one attached hydrogen (secondary N) is 1. The molecule has 1 N–H and O–H groups in total. The number of fused-ring (bicyclic) bond motifs is 1. The maximum atomic E-state index is 5.35. The number of benzene rings is 1. The predicted octanol–water partition coefficient (Wildman–Crippen LogP) is 3.69. The first-order valence-corrected chi connectivity index (χ1v) is 8.57. The van der Waals surface area contributed by atoms with E-state index in [-0.39, 0.29) is 0 Å². The van der Waals surface area contributed by atoms with Gasteiger partial charge in [0.25, 0.3) is 0 Å². The highest BCUT2D eigenvalue weighted by molar-refractivity contribution is 5.38. The lowest BCUT2D eigenvalue weighted by Gasteiger charge is -2.44. The zero-order valence-electron chi connectivity index (χ0n) is 13.5. The normalized spacial score (nSPS) is 26.4. The van der Waals surface area contributed by atoms with Crippen LogP contribution in [0.15, 0.2) is 24.3 Å². The van der Waals surface area contributed by atoms with Crippen LogP contribution < -0.4 is 5.32 Å². The number of ether oxygens (including phenoxy) is 1. The molecule has 0 aliphatic heterocycles. The highest BCUT2D eigenvalue weighted by Crippen LogP contribution is 2.44. The standard InChI is InChI=1S/C19H29NO/c1-15(11-13-21-2)19(14-20-17-9-10-17)12-5-7-16-6-3-4-8-18(16)19/h3-4,6,8,15,17,20H,5,7,9-14H2,1-2H3. The Balaban J connectivity index is 1.87. The van der Waals surface area contributed by atoms with Crippen LogP contribution in [0.5, 0.6) is 0 Å². The highest BCUT2D eigenvalue weighted by Gasteiger charge is 2.41. The third-order valence-electron chi connectivity index (χ3n) is 5.60. The van der Waals surface area contributed by atoms with Gasteiger partial charge >= 0.3 is 0 Å². The summed E-state index contributed by atoms with van der Waals surface area (Å²) < 4.78 is 5.35. The van der Waals surface area contributed by atoms with E-state index in [2.05, 4.69) is 36.5 Å². The molecule has 0 heterocycles. The van der Waals surface area contributed by atoms with Crippen LogP contribution in [0.2, 0.25) is 0 Å². The smallest absolute Gasteiger partial charge is 0.0465 e. The zero-order valence-corrected chi connectivity index (χ0v) is 13.5. The summed E-state index contributed by atoms with van der Waals surface area (Å²) >= 11 is 0. The van der Waals surface area contributed by atoms with Crippen LogP contribution in [0.25, 0.3) is 0 Å². The number of hydrogen-bond donors (Lipinski definition) is 1. The molecular weight excluding hydrogens is 258 g/mol. The number of rotatable bonds is 7.